The highest BCUT2D eigenvalue weighted by molar-refractivity contribution is 5.23. The quantitative estimate of drug-likeness (QED) is 0.842. The molecule has 1 heterocycles. The lowest BCUT2D eigenvalue weighted by atomic mass is 9.79. The van der Waals surface area contributed by atoms with Crippen LogP contribution in [0.3, 0.4) is 0 Å². The number of aromatic nitrogens is 2. The van der Waals surface area contributed by atoms with Gasteiger partial charge < -0.3 is 5.32 Å². The van der Waals surface area contributed by atoms with Crippen LogP contribution in [-0.2, 0) is 12.0 Å². The van der Waals surface area contributed by atoms with Gasteiger partial charge >= 0.3 is 0 Å². The molecule has 0 spiro atoms. The Kier molecular flexibility index (Phi) is 5.18. The van der Waals surface area contributed by atoms with Crippen LogP contribution < -0.4 is 5.32 Å². The Bertz CT molecular complexity index is 517. The van der Waals surface area contributed by atoms with Gasteiger partial charge in [-0.15, -0.1) is 0 Å². The van der Waals surface area contributed by atoms with Gasteiger partial charge in [0.05, 0.1) is 6.54 Å². The molecule has 114 valence electrons. The predicted octanol–water partition coefficient (Wildman–Crippen LogP) is 3.62. The molecule has 1 aromatic heterocycles. The molecule has 2 unspecified atom stereocenters. The van der Waals surface area contributed by atoms with E-state index in [1.807, 2.05) is 23.1 Å². The number of nitrogens with one attached hydrogen (secondary N) is 1. The second-order valence-corrected chi connectivity index (χ2v) is 6.65. The maximum atomic E-state index is 4.26. The summed E-state index contributed by atoms with van der Waals surface area (Å²) in [7, 11) is 0. The molecule has 0 saturated heterocycles. The van der Waals surface area contributed by atoms with E-state index in [1.165, 1.54) is 5.56 Å². The molecule has 3 nitrogen and oxygen atoms in total. The van der Waals surface area contributed by atoms with Gasteiger partial charge in [-0.2, -0.15) is 5.10 Å². The van der Waals surface area contributed by atoms with Crippen molar-refractivity contribution in [2.24, 2.45) is 0 Å². The topological polar surface area (TPSA) is 29.9 Å². The summed E-state index contributed by atoms with van der Waals surface area (Å²) in [6, 6.07) is 13.6. The molecular formula is C18H27N3. The fourth-order valence-electron chi connectivity index (χ4n) is 3.06. The van der Waals surface area contributed by atoms with Crippen molar-refractivity contribution < 1.29 is 0 Å². The van der Waals surface area contributed by atoms with E-state index in [9.17, 15) is 0 Å². The van der Waals surface area contributed by atoms with Crippen LogP contribution in [0, 0.1) is 0 Å². The van der Waals surface area contributed by atoms with Crippen molar-refractivity contribution in [2.45, 2.75) is 58.2 Å². The van der Waals surface area contributed by atoms with E-state index in [0.29, 0.717) is 12.1 Å². The van der Waals surface area contributed by atoms with Gasteiger partial charge in [-0.1, -0.05) is 44.2 Å². The third-order valence-corrected chi connectivity index (χ3v) is 3.96. The first-order chi connectivity index (χ1) is 9.97. The molecule has 0 radical (unpaired) electrons. The number of rotatable bonds is 7. The van der Waals surface area contributed by atoms with Gasteiger partial charge in [0, 0.05) is 24.5 Å². The Morgan fingerprint density at radius 2 is 1.81 bits per heavy atom. The van der Waals surface area contributed by atoms with Crippen molar-refractivity contribution in [1.29, 1.82) is 0 Å². The van der Waals surface area contributed by atoms with Crippen LogP contribution in [0.4, 0.5) is 0 Å². The fraction of sp³-hybridized carbons (Fsp3) is 0.500. The zero-order chi connectivity index (χ0) is 15.3. The van der Waals surface area contributed by atoms with Crippen molar-refractivity contribution in [2.75, 3.05) is 0 Å². The number of nitrogens with zero attached hydrogens (tertiary/aromatic N) is 2. The highest BCUT2D eigenvalue weighted by Crippen LogP contribution is 2.28. The molecule has 0 bridgehead atoms. The first-order valence-electron chi connectivity index (χ1n) is 7.76. The van der Waals surface area contributed by atoms with E-state index in [1.54, 1.807) is 0 Å². The van der Waals surface area contributed by atoms with Gasteiger partial charge in [0.15, 0.2) is 0 Å². The molecular weight excluding hydrogens is 258 g/mol. The van der Waals surface area contributed by atoms with Crippen LogP contribution in [-0.4, -0.2) is 21.9 Å². The first kappa shape index (κ1) is 15.8. The molecule has 0 aliphatic rings. The van der Waals surface area contributed by atoms with E-state index >= 15 is 0 Å². The monoisotopic (exact) mass is 285 g/mol. The van der Waals surface area contributed by atoms with Crippen LogP contribution in [0.15, 0.2) is 48.8 Å². The van der Waals surface area contributed by atoms with Crippen molar-refractivity contribution in [3.63, 3.8) is 0 Å². The van der Waals surface area contributed by atoms with Gasteiger partial charge in [0.2, 0.25) is 0 Å². The van der Waals surface area contributed by atoms with E-state index < -0.39 is 0 Å². The van der Waals surface area contributed by atoms with Gasteiger partial charge in [0.1, 0.15) is 0 Å². The first-order valence-corrected chi connectivity index (χ1v) is 7.76. The van der Waals surface area contributed by atoms with Crippen molar-refractivity contribution in [1.82, 2.24) is 15.1 Å². The van der Waals surface area contributed by atoms with Crippen molar-refractivity contribution >= 4 is 0 Å². The Morgan fingerprint density at radius 3 is 2.43 bits per heavy atom. The Morgan fingerprint density at radius 1 is 1.10 bits per heavy atom. The Labute approximate surface area is 128 Å². The summed E-state index contributed by atoms with van der Waals surface area (Å²) in [6.45, 7) is 10.0. The van der Waals surface area contributed by atoms with Crippen LogP contribution in [0.1, 0.15) is 39.7 Å². The Hall–Kier alpha value is -1.61. The summed E-state index contributed by atoms with van der Waals surface area (Å²) in [4.78, 5) is 0. The summed E-state index contributed by atoms with van der Waals surface area (Å²) in [5, 5.41) is 7.95. The largest absolute Gasteiger partial charge is 0.310 e. The lowest BCUT2D eigenvalue weighted by molar-refractivity contribution is 0.342. The zero-order valence-electron chi connectivity index (χ0n) is 13.6. The SMILES string of the molecule is CC(Cn1cccn1)NC(C)CC(C)(C)c1ccccc1. The molecule has 2 rings (SSSR count). The van der Waals surface area contributed by atoms with Crippen LogP contribution in [0.5, 0.6) is 0 Å². The number of benzene rings is 1. The van der Waals surface area contributed by atoms with Crippen LogP contribution >= 0.6 is 0 Å². The second-order valence-electron chi connectivity index (χ2n) is 6.65. The van der Waals surface area contributed by atoms with E-state index in [2.05, 4.69) is 68.4 Å². The van der Waals surface area contributed by atoms with E-state index in [0.717, 1.165) is 13.0 Å². The summed E-state index contributed by atoms with van der Waals surface area (Å²) in [5.41, 5.74) is 1.58. The maximum Gasteiger partial charge on any atom is 0.0560 e. The summed E-state index contributed by atoms with van der Waals surface area (Å²) in [5.74, 6) is 0. The molecule has 1 aromatic carbocycles. The van der Waals surface area contributed by atoms with Crippen molar-refractivity contribution in [3.05, 3.63) is 54.4 Å². The molecule has 3 heteroatoms. The van der Waals surface area contributed by atoms with Crippen LogP contribution in [0.2, 0.25) is 0 Å². The highest BCUT2D eigenvalue weighted by atomic mass is 15.3. The Balaban J connectivity index is 1.87. The fourth-order valence-corrected chi connectivity index (χ4v) is 3.06. The average molecular weight is 285 g/mol. The van der Waals surface area contributed by atoms with Gasteiger partial charge in [-0.25, -0.2) is 0 Å². The van der Waals surface area contributed by atoms with Gasteiger partial charge in [-0.3, -0.25) is 4.68 Å². The molecule has 0 aliphatic carbocycles. The third-order valence-electron chi connectivity index (χ3n) is 3.96. The van der Waals surface area contributed by atoms with Crippen molar-refractivity contribution in [3.8, 4) is 0 Å². The molecule has 1 N–H and O–H groups in total. The normalized spacial score (nSPS) is 14.9. The minimum absolute atomic E-state index is 0.180. The maximum absolute atomic E-state index is 4.26. The summed E-state index contributed by atoms with van der Waals surface area (Å²) >= 11 is 0. The molecule has 0 fully saturated rings. The number of hydrogen-bond acceptors (Lipinski definition) is 2. The smallest absolute Gasteiger partial charge is 0.0560 e. The highest BCUT2D eigenvalue weighted by Gasteiger charge is 2.23. The lowest BCUT2D eigenvalue weighted by Gasteiger charge is -2.30. The molecule has 2 aromatic rings. The number of hydrogen-bond donors (Lipinski definition) is 1. The summed E-state index contributed by atoms with van der Waals surface area (Å²) < 4.78 is 1.98. The third kappa shape index (κ3) is 4.71. The minimum atomic E-state index is 0.180. The summed E-state index contributed by atoms with van der Waals surface area (Å²) in [6.07, 6.45) is 4.95. The standard InChI is InChI=1S/C18H27N3/c1-15(20-16(2)14-21-12-8-11-19-21)13-18(3,4)17-9-6-5-7-10-17/h5-12,15-16,20H,13-14H2,1-4H3. The minimum Gasteiger partial charge on any atom is -0.310 e. The average Bonchev–Trinajstić information content (AvgIpc) is 2.91. The molecule has 21 heavy (non-hydrogen) atoms. The molecule has 0 saturated carbocycles. The van der Waals surface area contributed by atoms with Gasteiger partial charge in [0.25, 0.3) is 0 Å². The van der Waals surface area contributed by atoms with E-state index in [-0.39, 0.29) is 5.41 Å². The van der Waals surface area contributed by atoms with E-state index in [4.69, 9.17) is 0 Å². The van der Waals surface area contributed by atoms with Crippen LogP contribution in [0.25, 0.3) is 0 Å². The second kappa shape index (κ2) is 6.90. The molecule has 0 aliphatic heterocycles. The lowest BCUT2D eigenvalue weighted by Crippen LogP contribution is -2.40. The molecule has 0 amide bonds. The van der Waals surface area contributed by atoms with Gasteiger partial charge in [-0.05, 0) is 37.3 Å². The zero-order valence-corrected chi connectivity index (χ0v) is 13.6. The predicted molar refractivity (Wildman–Crippen MR) is 88.4 cm³/mol. The molecule has 2 atom stereocenters.